The van der Waals surface area contributed by atoms with E-state index < -0.39 is 35.5 Å². The molecule has 0 bridgehead atoms. The second-order valence-corrected chi connectivity index (χ2v) is 11.8. The molecule has 0 saturated carbocycles. The summed E-state index contributed by atoms with van der Waals surface area (Å²) in [4.78, 5) is 54.8. The van der Waals surface area contributed by atoms with Crippen molar-refractivity contribution in [2.24, 2.45) is 0 Å². The minimum Gasteiger partial charge on any atom is -0.327 e. The van der Waals surface area contributed by atoms with E-state index in [1.165, 1.54) is 46.2 Å². The van der Waals surface area contributed by atoms with Crippen LogP contribution in [-0.2, 0) is 9.59 Å². The number of hydrogen-bond donors (Lipinski definition) is 2. The van der Waals surface area contributed by atoms with E-state index in [9.17, 15) is 28.0 Å². The average Bonchev–Trinajstić information content (AvgIpc) is 3.80. The van der Waals surface area contributed by atoms with Crippen LogP contribution in [0.3, 0.4) is 0 Å². The van der Waals surface area contributed by atoms with Gasteiger partial charge >= 0.3 is 0 Å². The van der Waals surface area contributed by atoms with Gasteiger partial charge in [-0.05, 0) is 85.3 Å². The first kappa shape index (κ1) is 32.3. The van der Waals surface area contributed by atoms with Gasteiger partial charge < -0.3 is 20.4 Å². The van der Waals surface area contributed by atoms with E-state index in [-0.39, 0.29) is 22.9 Å². The summed E-state index contributed by atoms with van der Waals surface area (Å²) >= 11 is 0. The van der Waals surface area contributed by atoms with Crippen LogP contribution in [0.1, 0.15) is 57.5 Å². The number of rotatable bonds is 8. The third kappa shape index (κ3) is 7.17. The maximum Gasteiger partial charge on any atom is 0.257 e. The Balaban J connectivity index is 1.02. The molecule has 2 aliphatic rings. The topological polar surface area (TPSA) is 98.8 Å². The Labute approximate surface area is 277 Å². The molecule has 48 heavy (non-hydrogen) atoms. The maximum absolute atomic E-state index is 14.2. The van der Waals surface area contributed by atoms with Crippen LogP contribution in [-0.4, -0.2) is 58.6 Å². The third-order valence-electron chi connectivity index (χ3n) is 8.67. The summed E-state index contributed by atoms with van der Waals surface area (Å²) in [6, 6.07) is 24.7. The molecule has 0 aliphatic carbocycles. The van der Waals surface area contributed by atoms with Crippen molar-refractivity contribution in [2.75, 3.05) is 23.7 Å². The van der Waals surface area contributed by atoms with Crippen molar-refractivity contribution in [2.45, 2.75) is 37.8 Å². The van der Waals surface area contributed by atoms with Gasteiger partial charge in [-0.2, -0.15) is 0 Å². The van der Waals surface area contributed by atoms with Crippen molar-refractivity contribution in [3.8, 4) is 0 Å². The number of hydrogen-bond acceptors (Lipinski definition) is 4. The first-order valence-electron chi connectivity index (χ1n) is 15.9. The Morgan fingerprint density at radius 2 is 0.938 bits per heavy atom. The summed E-state index contributed by atoms with van der Waals surface area (Å²) in [6.45, 7) is 0.777. The standard InChI is InChI=1S/C38H34F2N4O4/c39-31-9-3-1-7-29(31)37(47)43-23-5-11-33(43)35(45)41-27-19-15-25(16-20-27)13-14-26-17-21-28(22-18-26)42-36(46)34-12-6-24-44(34)38(48)30-8-2-4-10-32(30)40/h1-4,7-10,13-22,33-34H,5-6,11-12,23-24H2,(H,41,45)(H,42,46)/t33-,34-/m0/s1. The minimum atomic E-state index is -0.678. The highest BCUT2D eigenvalue weighted by atomic mass is 19.1. The fourth-order valence-corrected chi connectivity index (χ4v) is 6.14. The van der Waals surface area contributed by atoms with Crippen molar-refractivity contribution < 1.29 is 28.0 Å². The molecule has 10 heteroatoms. The maximum atomic E-state index is 14.2. The molecule has 2 aliphatic heterocycles. The van der Waals surface area contributed by atoms with Gasteiger partial charge in [-0.3, -0.25) is 19.2 Å². The van der Waals surface area contributed by atoms with E-state index in [4.69, 9.17) is 0 Å². The van der Waals surface area contributed by atoms with Crippen LogP contribution >= 0.6 is 0 Å². The molecule has 0 radical (unpaired) electrons. The molecule has 0 spiro atoms. The van der Waals surface area contributed by atoms with Crippen LogP contribution in [0.25, 0.3) is 12.2 Å². The molecule has 4 aromatic carbocycles. The minimum absolute atomic E-state index is 0.0424. The van der Waals surface area contributed by atoms with Gasteiger partial charge in [0, 0.05) is 24.5 Å². The van der Waals surface area contributed by atoms with E-state index in [2.05, 4.69) is 10.6 Å². The van der Waals surface area contributed by atoms with Gasteiger partial charge in [-0.15, -0.1) is 0 Å². The Hall–Kier alpha value is -5.64. The smallest absolute Gasteiger partial charge is 0.257 e. The SMILES string of the molecule is O=C(Nc1ccc(C=Cc2ccc(NC(=O)[C@@H]3CCCN3C(=O)c3ccccc3F)cc2)cc1)[C@@H]1CCCN1C(=O)c1ccccc1F. The number of anilines is 2. The highest BCUT2D eigenvalue weighted by Gasteiger charge is 2.36. The molecule has 8 nitrogen and oxygen atoms in total. The van der Waals surface area contributed by atoms with Crippen LogP contribution in [0.4, 0.5) is 20.2 Å². The normalized spacial score (nSPS) is 17.5. The number of carbonyl (C=O) groups is 4. The third-order valence-corrected chi connectivity index (χ3v) is 8.67. The first-order chi connectivity index (χ1) is 23.3. The van der Waals surface area contributed by atoms with Crippen LogP contribution in [0.2, 0.25) is 0 Å². The van der Waals surface area contributed by atoms with Gasteiger partial charge in [0.1, 0.15) is 23.7 Å². The summed E-state index contributed by atoms with van der Waals surface area (Å²) < 4.78 is 28.4. The monoisotopic (exact) mass is 648 g/mol. The van der Waals surface area contributed by atoms with Crippen LogP contribution < -0.4 is 10.6 Å². The number of nitrogens with zero attached hydrogens (tertiary/aromatic N) is 2. The Morgan fingerprint density at radius 1 is 0.562 bits per heavy atom. The molecule has 4 aromatic rings. The summed E-state index contributed by atoms with van der Waals surface area (Å²) in [5, 5.41) is 5.75. The summed E-state index contributed by atoms with van der Waals surface area (Å²) in [7, 11) is 0. The summed E-state index contributed by atoms with van der Waals surface area (Å²) in [5.74, 6) is -2.83. The van der Waals surface area contributed by atoms with Crippen molar-refractivity contribution in [1.29, 1.82) is 0 Å². The molecule has 2 heterocycles. The predicted octanol–water partition coefficient (Wildman–Crippen LogP) is 6.62. The number of likely N-dealkylation sites (tertiary alicyclic amines) is 2. The summed E-state index contributed by atoms with van der Waals surface area (Å²) in [6.07, 6.45) is 6.15. The quantitative estimate of drug-likeness (QED) is 0.210. The molecule has 0 aromatic heterocycles. The molecule has 4 amide bonds. The molecular formula is C38H34F2N4O4. The Bertz CT molecular complexity index is 1720. The zero-order valence-corrected chi connectivity index (χ0v) is 26.1. The predicted molar refractivity (Wildman–Crippen MR) is 180 cm³/mol. The highest BCUT2D eigenvalue weighted by Crippen LogP contribution is 2.25. The average molecular weight is 649 g/mol. The van der Waals surface area contributed by atoms with Gasteiger partial charge in [-0.25, -0.2) is 8.78 Å². The van der Waals surface area contributed by atoms with E-state index in [1.807, 2.05) is 36.4 Å². The number of carbonyl (C=O) groups excluding carboxylic acids is 4. The van der Waals surface area contributed by atoms with E-state index in [0.29, 0.717) is 50.1 Å². The van der Waals surface area contributed by atoms with Gasteiger partial charge in [0.15, 0.2) is 0 Å². The lowest BCUT2D eigenvalue weighted by Crippen LogP contribution is -2.43. The molecular weight excluding hydrogens is 614 g/mol. The molecule has 244 valence electrons. The molecule has 0 unspecified atom stereocenters. The largest absolute Gasteiger partial charge is 0.327 e. The van der Waals surface area contributed by atoms with Gasteiger partial charge in [0.2, 0.25) is 11.8 Å². The molecule has 2 fully saturated rings. The summed E-state index contributed by atoms with van der Waals surface area (Å²) in [5.41, 5.74) is 2.86. The second-order valence-electron chi connectivity index (χ2n) is 11.8. The molecule has 2 N–H and O–H groups in total. The van der Waals surface area contributed by atoms with Crippen LogP contribution in [0.5, 0.6) is 0 Å². The van der Waals surface area contributed by atoms with Gasteiger partial charge in [-0.1, -0.05) is 60.7 Å². The van der Waals surface area contributed by atoms with E-state index >= 15 is 0 Å². The lowest BCUT2D eigenvalue weighted by molar-refractivity contribution is -0.120. The molecule has 2 saturated heterocycles. The fraction of sp³-hybridized carbons (Fsp3) is 0.211. The van der Waals surface area contributed by atoms with E-state index in [0.717, 1.165) is 11.1 Å². The van der Waals surface area contributed by atoms with Gasteiger partial charge in [0.25, 0.3) is 11.8 Å². The van der Waals surface area contributed by atoms with Gasteiger partial charge in [0.05, 0.1) is 11.1 Å². The number of nitrogens with one attached hydrogen (secondary N) is 2. The fourth-order valence-electron chi connectivity index (χ4n) is 6.14. The zero-order valence-electron chi connectivity index (χ0n) is 26.1. The van der Waals surface area contributed by atoms with Crippen molar-refractivity contribution in [3.05, 3.63) is 131 Å². The first-order valence-corrected chi connectivity index (χ1v) is 15.9. The Kier molecular flexibility index (Phi) is 9.70. The lowest BCUT2D eigenvalue weighted by atomic mass is 10.1. The highest BCUT2D eigenvalue weighted by molar-refractivity contribution is 6.02. The molecule has 2 atom stereocenters. The van der Waals surface area contributed by atoms with Crippen LogP contribution in [0.15, 0.2) is 97.1 Å². The van der Waals surface area contributed by atoms with Crippen molar-refractivity contribution >= 4 is 47.2 Å². The zero-order chi connectivity index (χ0) is 33.6. The number of benzene rings is 4. The number of halogens is 2. The van der Waals surface area contributed by atoms with Crippen molar-refractivity contribution in [1.82, 2.24) is 9.80 Å². The van der Waals surface area contributed by atoms with Crippen LogP contribution in [0, 0.1) is 11.6 Å². The Morgan fingerprint density at radius 3 is 1.31 bits per heavy atom. The second kappa shape index (κ2) is 14.4. The van der Waals surface area contributed by atoms with Crippen molar-refractivity contribution in [3.63, 3.8) is 0 Å². The van der Waals surface area contributed by atoms with E-state index in [1.54, 1.807) is 36.4 Å². The lowest BCUT2D eigenvalue weighted by Gasteiger charge is -2.24. The molecule has 6 rings (SSSR count). The number of amides is 4.